The monoisotopic (exact) mass is 519 g/mol. The third-order valence-corrected chi connectivity index (χ3v) is 7.05. The van der Waals surface area contributed by atoms with E-state index in [1.807, 2.05) is 4.90 Å². The van der Waals surface area contributed by atoms with Crippen LogP contribution in [0.3, 0.4) is 0 Å². The van der Waals surface area contributed by atoms with Gasteiger partial charge in [-0.1, -0.05) is 28.1 Å². The number of imide groups is 1. The van der Waals surface area contributed by atoms with Crippen LogP contribution in [-0.2, 0) is 11.0 Å². The van der Waals surface area contributed by atoms with E-state index in [0.717, 1.165) is 17.0 Å². The van der Waals surface area contributed by atoms with E-state index in [1.165, 1.54) is 6.07 Å². The van der Waals surface area contributed by atoms with Gasteiger partial charge in [-0.05, 0) is 30.3 Å². The first-order valence-corrected chi connectivity index (χ1v) is 10.8. The topological polar surface area (TPSA) is 81.5 Å². The fraction of sp³-hybridized carbons (Fsp3) is 0.273. The number of carbonyl (C=O) groups excluding carboxylic acids is 3. The third kappa shape index (κ3) is 3.05. The van der Waals surface area contributed by atoms with Crippen LogP contribution in [0.1, 0.15) is 21.5 Å². The number of ketones is 1. The second-order valence-electron chi connectivity index (χ2n) is 8.31. The number of hydrogen-bond acceptors (Lipinski definition) is 5. The number of alkyl halides is 3. The van der Waals surface area contributed by atoms with Gasteiger partial charge in [0, 0.05) is 10.0 Å². The van der Waals surface area contributed by atoms with E-state index in [4.69, 9.17) is 5.26 Å². The number of fused-ring (bicyclic) bond motifs is 1. The zero-order chi connectivity index (χ0) is 23.7. The Morgan fingerprint density at radius 3 is 2.58 bits per heavy atom. The van der Waals surface area contributed by atoms with Crippen LogP contribution in [0.15, 0.2) is 46.9 Å². The van der Waals surface area contributed by atoms with Gasteiger partial charge in [-0.25, -0.2) is 14.2 Å². The molecule has 3 saturated heterocycles. The summed E-state index contributed by atoms with van der Waals surface area (Å²) in [4.78, 5) is 42.9. The van der Waals surface area contributed by atoms with E-state index in [0.29, 0.717) is 16.1 Å². The number of halogens is 4. The first-order chi connectivity index (χ1) is 15.6. The van der Waals surface area contributed by atoms with Crippen molar-refractivity contribution < 1.29 is 32.0 Å². The first kappa shape index (κ1) is 21.8. The number of urea groups is 1. The molecule has 0 aromatic heterocycles. The lowest BCUT2D eigenvalue weighted by atomic mass is 9.99. The van der Waals surface area contributed by atoms with Gasteiger partial charge in [-0.2, -0.15) is 23.3 Å². The van der Waals surface area contributed by atoms with Crippen molar-refractivity contribution in [2.75, 3.05) is 24.7 Å². The van der Waals surface area contributed by atoms with Crippen LogP contribution in [0.4, 0.5) is 23.7 Å². The van der Waals surface area contributed by atoms with Gasteiger partial charge in [-0.3, -0.25) is 9.59 Å². The lowest BCUT2D eigenvalue weighted by Crippen LogP contribution is -2.62. The smallest absolute Gasteiger partial charge is 0.287 e. The Morgan fingerprint density at radius 1 is 1.15 bits per heavy atom. The molecule has 1 spiro atoms. The van der Waals surface area contributed by atoms with Crippen LogP contribution in [0.25, 0.3) is 0 Å². The molecule has 7 nitrogen and oxygen atoms in total. The maximum Gasteiger partial charge on any atom is 0.433 e. The van der Waals surface area contributed by atoms with Crippen molar-refractivity contribution in [3.8, 4) is 6.07 Å². The Kier molecular flexibility index (Phi) is 4.76. The summed E-state index contributed by atoms with van der Waals surface area (Å²) in [5.74, 6) is -0.950. The molecule has 2 aromatic rings. The summed E-state index contributed by atoms with van der Waals surface area (Å²) in [6.45, 7) is 0.653. The molecule has 2 bridgehead atoms. The molecule has 5 rings (SSSR count). The molecule has 3 heterocycles. The summed E-state index contributed by atoms with van der Waals surface area (Å²) in [6, 6.07) is 8.49. The average Bonchev–Trinajstić information content (AvgIpc) is 3.40. The van der Waals surface area contributed by atoms with Crippen molar-refractivity contribution in [3.05, 3.63) is 63.6 Å². The summed E-state index contributed by atoms with van der Waals surface area (Å²) in [7, 11) is 0. The Labute approximate surface area is 194 Å². The number of quaternary nitrogens is 1. The first-order valence-electron chi connectivity index (χ1n) is 9.97. The second kappa shape index (κ2) is 7.21. The van der Waals surface area contributed by atoms with Crippen LogP contribution in [0.5, 0.6) is 0 Å². The van der Waals surface area contributed by atoms with Crippen molar-refractivity contribution in [3.63, 3.8) is 0 Å². The van der Waals surface area contributed by atoms with Crippen LogP contribution < -0.4 is 4.90 Å². The highest BCUT2D eigenvalue weighted by atomic mass is 79.9. The summed E-state index contributed by atoms with van der Waals surface area (Å²) in [5.41, 5.74) is -1.70. The van der Waals surface area contributed by atoms with Gasteiger partial charge in [-0.15, -0.1) is 0 Å². The molecule has 0 N–H and O–H groups in total. The summed E-state index contributed by atoms with van der Waals surface area (Å²) in [5, 5.41) is 9.03. The maximum absolute atomic E-state index is 13.6. The molecule has 2 aromatic carbocycles. The van der Waals surface area contributed by atoms with Crippen molar-refractivity contribution in [2.24, 2.45) is 0 Å². The molecule has 4 atom stereocenters. The largest absolute Gasteiger partial charge is 0.433 e. The highest BCUT2D eigenvalue weighted by Gasteiger charge is 2.73. The standard InChI is InChI=1S/C22H15BrF3N4O3/c23-14-3-1-2-12(6-14)19(31)17-9-28-10-18-20(32)29(21(33)30(17,18)11-28)15-5-4-13(8-27)16(7-15)22(24,25)26/h1-7,17-18H,9-11H2/q+1. The fourth-order valence-electron chi connectivity index (χ4n) is 5.11. The fourth-order valence-corrected chi connectivity index (χ4v) is 5.51. The van der Waals surface area contributed by atoms with Crippen molar-refractivity contribution in [2.45, 2.75) is 18.3 Å². The number of Topliss-reactive ketones (excluding diaryl/α,β-unsaturated/α-hetero) is 1. The quantitative estimate of drug-likeness (QED) is 0.352. The van der Waals surface area contributed by atoms with Gasteiger partial charge in [0.1, 0.15) is 6.67 Å². The van der Waals surface area contributed by atoms with Gasteiger partial charge in [0.25, 0.3) is 5.91 Å². The minimum absolute atomic E-state index is 0.137. The molecule has 11 heteroatoms. The van der Waals surface area contributed by atoms with Crippen molar-refractivity contribution in [1.82, 2.24) is 4.90 Å². The molecule has 4 unspecified atom stereocenters. The Balaban J connectivity index is 1.57. The minimum Gasteiger partial charge on any atom is -0.287 e. The molecule has 3 amide bonds. The normalized spacial score (nSPS) is 28.2. The number of hydrogen-bond donors (Lipinski definition) is 0. The number of piperazine rings is 1. The molecule has 0 aliphatic carbocycles. The highest BCUT2D eigenvalue weighted by Crippen LogP contribution is 2.45. The van der Waals surface area contributed by atoms with Crippen LogP contribution in [0.2, 0.25) is 0 Å². The van der Waals surface area contributed by atoms with Crippen LogP contribution in [0, 0.1) is 11.3 Å². The number of amides is 3. The van der Waals surface area contributed by atoms with E-state index in [-0.39, 0.29) is 31.2 Å². The summed E-state index contributed by atoms with van der Waals surface area (Å²) < 4.78 is 40.6. The number of nitrogens with zero attached hydrogens (tertiary/aromatic N) is 4. The number of rotatable bonds is 3. The number of nitriles is 1. The van der Waals surface area contributed by atoms with E-state index in [2.05, 4.69) is 15.9 Å². The SMILES string of the molecule is N#Cc1ccc(N2C(=O)C3CN4CC(C(=O)c5cccc(Br)c5)[N+]3(C4)C2=O)cc1C(F)(F)F. The van der Waals surface area contributed by atoms with Gasteiger partial charge in [0.15, 0.2) is 12.1 Å². The van der Waals surface area contributed by atoms with Crippen LogP contribution >= 0.6 is 15.9 Å². The molecule has 0 saturated carbocycles. The zero-order valence-electron chi connectivity index (χ0n) is 16.8. The number of benzene rings is 2. The van der Waals surface area contributed by atoms with Gasteiger partial charge >= 0.3 is 12.2 Å². The second-order valence-corrected chi connectivity index (χ2v) is 9.23. The zero-order valence-corrected chi connectivity index (χ0v) is 18.4. The number of anilines is 1. The molecule has 3 aliphatic heterocycles. The van der Waals surface area contributed by atoms with Gasteiger partial charge in [0.05, 0.1) is 36.0 Å². The lowest BCUT2D eigenvalue weighted by Gasteiger charge is -2.32. The molecule has 3 fully saturated rings. The van der Waals surface area contributed by atoms with Gasteiger partial charge < -0.3 is 0 Å². The van der Waals surface area contributed by atoms with Crippen molar-refractivity contribution >= 4 is 39.3 Å². The molecular weight excluding hydrogens is 505 g/mol. The van der Waals surface area contributed by atoms with E-state index >= 15 is 0 Å². The van der Waals surface area contributed by atoms with Gasteiger partial charge in [0.2, 0.25) is 5.78 Å². The Hall–Kier alpha value is -3.07. The van der Waals surface area contributed by atoms with Crippen LogP contribution in [-0.4, -0.2) is 58.9 Å². The van der Waals surface area contributed by atoms with Crippen molar-refractivity contribution in [1.29, 1.82) is 5.26 Å². The molecule has 0 radical (unpaired) electrons. The Bertz CT molecular complexity index is 1270. The maximum atomic E-state index is 13.6. The predicted octanol–water partition coefficient (Wildman–Crippen LogP) is 3.53. The van der Waals surface area contributed by atoms with E-state index in [9.17, 15) is 27.6 Å². The Morgan fingerprint density at radius 2 is 1.91 bits per heavy atom. The summed E-state index contributed by atoms with van der Waals surface area (Å²) >= 11 is 3.32. The molecule has 168 valence electrons. The van der Waals surface area contributed by atoms with E-state index < -0.39 is 45.8 Å². The molecule has 33 heavy (non-hydrogen) atoms. The minimum atomic E-state index is -4.83. The number of carbonyl (C=O) groups is 3. The van der Waals surface area contributed by atoms with E-state index in [1.54, 1.807) is 24.3 Å². The lowest BCUT2D eigenvalue weighted by molar-refractivity contribution is -0.852. The highest BCUT2D eigenvalue weighted by molar-refractivity contribution is 9.10. The molecular formula is C22H15BrF3N4O3+. The molecule has 3 aliphatic rings. The average molecular weight is 520 g/mol. The predicted molar refractivity (Wildman–Crippen MR) is 112 cm³/mol. The third-order valence-electron chi connectivity index (χ3n) is 6.56. The summed E-state index contributed by atoms with van der Waals surface area (Å²) in [6.07, 6.45) is -4.83.